The largest absolute Gasteiger partial charge is 0.494 e. The van der Waals surface area contributed by atoms with E-state index < -0.39 is 0 Å². The van der Waals surface area contributed by atoms with E-state index in [4.69, 9.17) is 4.74 Å². The van der Waals surface area contributed by atoms with Crippen molar-refractivity contribution >= 4 is 11.8 Å². The zero-order valence-corrected chi connectivity index (χ0v) is 12.0. The maximum Gasteiger partial charge on any atom is 0.119 e. The fourth-order valence-electron chi connectivity index (χ4n) is 2.07. The average molecular weight is 265 g/mol. The quantitative estimate of drug-likeness (QED) is 0.700. The van der Waals surface area contributed by atoms with Crippen molar-refractivity contribution in [2.45, 2.75) is 26.2 Å². The van der Waals surface area contributed by atoms with Crippen molar-refractivity contribution in [2.24, 2.45) is 0 Å². The summed E-state index contributed by atoms with van der Waals surface area (Å²) < 4.78 is 5.72. The van der Waals surface area contributed by atoms with E-state index >= 15 is 0 Å². The molecule has 1 aromatic carbocycles. The van der Waals surface area contributed by atoms with Gasteiger partial charge in [0.25, 0.3) is 0 Å². The number of aryl methyl sites for hydroxylation is 1. The Balaban J connectivity index is 1.49. The van der Waals surface area contributed by atoms with Crippen molar-refractivity contribution in [1.29, 1.82) is 0 Å². The summed E-state index contributed by atoms with van der Waals surface area (Å²) in [5.41, 5.74) is 1.28. The first-order valence-electron chi connectivity index (χ1n) is 6.84. The summed E-state index contributed by atoms with van der Waals surface area (Å²) in [6, 6.07) is 8.30. The van der Waals surface area contributed by atoms with Gasteiger partial charge in [0.2, 0.25) is 0 Å². The van der Waals surface area contributed by atoms with Crippen LogP contribution in [0.1, 0.15) is 24.8 Å². The maximum absolute atomic E-state index is 5.72. The molecule has 0 radical (unpaired) electrons. The lowest BCUT2D eigenvalue weighted by atomic mass is 10.2. The summed E-state index contributed by atoms with van der Waals surface area (Å²) in [6.07, 6.45) is 3.74. The molecule has 0 saturated carbocycles. The van der Waals surface area contributed by atoms with Crippen molar-refractivity contribution in [2.75, 3.05) is 31.3 Å². The molecule has 0 spiro atoms. The van der Waals surface area contributed by atoms with Gasteiger partial charge in [-0.25, -0.2) is 0 Å². The number of benzene rings is 1. The van der Waals surface area contributed by atoms with Crippen LogP contribution in [-0.4, -0.2) is 36.2 Å². The van der Waals surface area contributed by atoms with Crippen LogP contribution in [0.25, 0.3) is 0 Å². The molecule has 2 nitrogen and oxygen atoms in total. The molecule has 1 saturated heterocycles. The Kier molecular flexibility index (Phi) is 5.88. The van der Waals surface area contributed by atoms with Gasteiger partial charge in [-0.3, -0.25) is 4.90 Å². The van der Waals surface area contributed by atoms with Gasteiger partial charge in [0.05, 0.1) is 6.61 Å². The molecule has 0 amide bonds. The smallest absolute Gasteiger partial charge is 0.119 e. The van der Waals surface area contributed by atoms with Crippen LogP contribution in [0.15, 0.2) is 24.3 Å². The Hall–Kier alpha value is -0.670. The lowest BCUT2D eigenvalue weighted by Gasteiger charge is -2.13. The average Bonchev–Trinajstić information content (AvgIpc) is 2.89. The second-order valence-electron chi connectivity index (χ2n) is 4.88. The highest BCUT2D eigenvalue weighted by Gasteiger charge is 2.10. The van der Waals surface area contributed by atoms with E-state index in [-0.39, 0.29) is 0 Å². The Morgan fingerprint density at radius 3 is 2.72 bits per heavy atom. The molecule has 2 rings (SSSR count). The summed E-state index contributed by atoms with van der Waals surface area (Å²) in [6.45, 7) is 5.49. The molecule has 1 aliphatic rings. The molecule has 0 N–H and O–H groups in total. The first kappa shape index (κ1) is 13.8. The minimum Gasteiger partial charge on any atom is -0.494 e. The number of hydrogen-bond acceptors (Lipinski definition) is 3. The minimum atomic E-state index is 0.845. The topological polar surface area (TPSA) is 12.5 Å². The number of unbranched alkanes of at least 4 members (excludes halogenated alkanes) is 2. The highest BCUT2D eigenvalue weighted by molar-refractivity contribution is 7.99. The van der Waals surface area contributed by atoms with Gasteiger partial charge in [0, 0.05) is 18.2 Å². The second-order valence-corrected chi connectivity index (χ2v) is 5.95. The van der Waals surface area contributed by atoms with E-state index in [1.54, 1.807) is 0 Å². The zero-order valence-electron chi connectivity index (χ0n) is 11.2. The van der Waals surface area contributed by atoms with Crippen LogP contribution in [0.3, 0.4) is 0 Å². The molecular weight excluding hydrogens is 242 g/mol. The Morgan fingerprint density at radius 2 is 2.00 bits per heavy atom. The molecule has 0 atom stereocenters. The fourth-order valence-corrected chi connectivity index (χ4v) is 3.10. The van der Waals surface area contributed by atoms with Gasteiger partial charge >= 0.3 is 0 Å². The van der Waals surface area contributed by atoms with Crippen molar-refractivity contribution in [3.05, 3.63) is 29.8 Å². The predicted octanol–water partition coefficient (Wildman–Crippen LogP) is 3.55. The molecule has 0 unspecified atom stereocenters. The van der Waals surface area contributed by atoms with Crippen molar-refractivity contribution in [3.63, 3.8) is 0 Å². The van der Waals surface area contributed by atoms with Crippen LogP contribution in [0.2, 0.25) is 0 Å². The summed E-state index contributed by atoms with van der Waals surface area (Å²) >= 11 is 2.05. The van der Waals surface area contributed by atoms with E-state index in [9.17, 15) is 0 Å². The summed E-state index contributed by atoms with van der Waals surface area (Å²) in [4.78, 5) is 2.55. The molecule has 1 aromatic rings. The van der Waals surface area contributed by atoms with Gasteiger partial charge in [-0.1, -0.05) is 17.7 Å². The Morgan fingerprint density at radius 1 is 1.17 bits per heavy atom. The standard InChI is InChI=1S/C15H23NOS/c1-14-5-7-15(8-6-14)17-11-4-2-3-9-16-10-12-18-13-16/h5-8H,2-4,9-13H2,1H3. The molecule has 0 aliphatic carbocycles. The highest BCUT2D eigenvalue weighted by atomic mass is 32.2. The number of rotatable bonds is 7. The third-order valence-corrected chi connectivity index (χ3v) is 4.25. The predicted molar refractivity (Wildman–Crippen MR) is 79.4 cm³/mol. The lowest BCUT2D eigenvalue weighted by molar-refractivity contribution is 0.294. The summed E-state index contributed by atoms with van der Waals surface area (Å²) in [7, 11) is 0. The third kappa shape index (κ3) is 4.91. The molecule has 0 bridgehead atoms. The minimum absolute atomic E-state index is 0.845. The molecule has 3 heteroatoms. The van der Waals surface area contributed by atoms with Crippen molar-refractivity contribution in [3.8, 4) is 5.75 Å². The second kappa shape index (κ2) is 7.70. The summed E-state index contributed by atoms with van der Waals surface area (Å²) in [5, 5.41) is 0. The van der Waals surface area contributed by atoms with Gasteiger partial charge < -0.3 is 4.74 Å². The number of ether oxygens (including phenoxy) is 1. The monoisotopic (exact) mass is 265 g/mol. The van der Waals surface area contributed by atoms with Crippen molar-refractivity contribution in [1.82, 2.24) is 4.90 Å². The van der Waals surface area contributed by atoms with E-state index in [0.29, 0.717) is 0 Å². The molecule has 1 fully saturated rings. The fraction of sp³-hybridized carbons (Fsp3) is 0.600. The van der Waals surface area contributed by atoms with E-state index in [2.05, 4.69) is 47.9 Å². The third-order valence-electron chi connectivity index (χ3n) is 3.23. The molecule has 18 heavy (non-hydrogen) atoms. The van der Waals surface area contributed by atoms with Crippen LogP contribution in [0.5, 0.6) is 5.75 Å². The molecule has 1 heterocycles. The Labute approximate surface area is 115 Å². The number of thioether (sulfide) groups is 1. The van der Waals surface area contributed by atoms with E-state index in [1.165, 1.54) is 43.1 Å². The van der Waals surface area contributed by atoms with Gasteiger partial charge in [-0.2, -0.15) is 0 Å². The van der Waals surface area contributed by atoms with Crippen LogP contribution in [0.4, 0.5) is 0 Å². The van der Waals surface area contributed by atoms with E-state index in [1.807, 2.05) is 0 Å². The molecular formula is C15H23NOS. The molecule has 0 aromatic heterocycles. The molecule has 100 valence electrons. The molecule has 1 aliphatic heterocycles. The maximum atomic E-state index is 5.72. The number of hydrogen-bond donors (Lipinski definition) is 0. The van der Waals surface area contributed by atoms with Gasteiger partial charge in [0.1, 0.15) is 5.75 Å². The van der Waals surface area contributed by atoms with E-state index in [0.717, 1.165) is 18.8 Å². The number of nitrogens with zero attached hydrogens (tertiary/aromatic N) is 1. The highest BCUT2D eigenvalue weighted by Crippen LogP contribution is 2.14. The first-order chi connectivity index (χ1) is 8.84. The van der Waals surface area contributed by atoms with Crippen LogP contribution in [0, 0.1) is 6.92 Å². The van der Waals surface area contributed by atoms with Gasteiger partial charge in [0.15, 0.2) is 0 Å². The van der Waals surface area contributed by atoms with Gasteiger partial charge in [-0.15, -0.1) is 11.8 Å². The van der Waals surface area contributed by atoms with Crippen LogP contribution >= 0.6 is 11.8 Å². The lowest BCUT2D eigenvalue weighted by Crippen LogP contribution is -2.20. The normalized spacial score (nSPS) is 16.1. The van der Waals surface area contributed by atoms with Gasteiger partial charge in [-0.05, 0) is 44.9 Å². The van der Waals surface area contributed by atoms with Crippen LogP contribution in [-0.2, 0) is 0 Å². The Bertz CT molecular complexity index is 333. The van der Waals surface area contributed by atoms with Crippen LogP contribution < -0.4 is 4.74 Å². The summed E-state index contributed by atoms with van der Waals surface area (Å²) in [5.74, 6) is 3.55. The van der Waals surface area contributed by atoms with Crippen molar-refractivity contribution < 1.29 is 4.74 Å². The first-order valence-corrected chi connectivity index (χ1v) is 7.99. The SMILES string of the molecule is Cc1ccc(OCCCCCN2CCSC2)cc1. The zero-order chi connectivity index (χ0) is 12.6.